The first-order valence-electron chi connectivity index (χ1n) is 9.42. The molecule has 0 N–H and O–H groups in total. The monoisotopic (exact) mass is 303 g/mol. The van der Waals surface area contributed by atoms with Gasteiger partial charge in [-0.05, 0) is 47.9 Å². The van der Waals surface area contributed by atoms with Crippen LogP contribution in [0.5, 0.6) is 0 Å². The van der Waals surface area contributed by atoms with E-state index in [0.29, 0.717) is 6.04 Å². The molecule has 0 spiro atoms. The molecule has 122 valence electrons. The standard InChI is InChI=1S/C17H29N5/c1-3-7-14(8-4-1)13-21-11-12-22-17(18-19-20-22)16(21)15-9-5-2-6-10-15/h14-16H,1-13H2/t16-/m0/s1. The summed E-state index contributed by atoms with van der Waals surface area (Å²) in [5.74, 6) is 2.82. The summed E-state index contributed by atoms with van der Waals surface area (Å²) >= 11 is 0. The van der Waals surface area contributed by atoms with Crippen molar-refractivity contribution < 1.29 is 0 Å². The molecule has 1 atom stereocenters. The van der Waals surface area contributed by atoms with Gasteiger partial charge in [-0.1, -0.05) is 38.5 Å². The molecule has 0 aromatic carbocycles. The van der Waals surface area contributed by atoms with E-state index in [1.54, 1.807) is 0 Å². The van der Waals surface area contributed by atoms with Crippen LogP contribution < -0.4 is 0 Å². The molecule has 0 amide bonds. The van der Waals surface area contributed by atoms with Crippen molar-refractivity contribution in [2.24, 2.45) is 11.8 Å². The molecule has 2 fully saturated rings. The molecule has 0 saturated heterocycles. The Labute approximate surface area is 133 Å². The summed E-state index contributed by atoms with van der Waals surface area (Å²) in [6.07, 6.45) is 14.1. The van der Waals surface area contributed by atoms with E-state index in [0.717, 1.165) is 30.7 Å². The Hall–Kier alpha value is -0.970. The maximum Gasteiger partial charge on any atom is 0.168 e. The molecule has 1 aliphatic heterocycles. The zero-order chi connectivity index (χ0) is 14.8. The number of rotatable bonds is 3. The van der Waals surface area contributed by atoms with Gasteiger partial charge in [0.2, 0.25) is 0 Å². The van der Waals surface area contributed by atoms with Crippen LogP contribution in [0.25, 0.3) is 0 Å². The van der Waals surface area contributed by atoms with Crippen LogP contribution in [-0.4, -0.2) is 38.2 Å². The minimum absolute atomic E-state index is 0.478. The predicted octanol–water partition coefficient (Wildman–Crippen LogP) is 3.19. The topological polar surface area (TPSA) is 46.8 Å². The fourth-order valence-corrected chi connectivity index (χ4v) is 4.97. The van der Waals surface area contributed by atoms with Crippen molar-refractivity contribution >= 4 is 0 Å². The zero-order valence-electron chi connectivity index (χ0n) is 13.7. The molecule has 5 nitrogen and oxygen atoms in total. The quantitative estimate of drug-likeness (QED) is 0.860. The Morgan fingerprint density at radius 2 is 1.59 bits per heavy atom. The molecule has 0 radical (unpaired) electrons. The SMILES string of the molecule is C1CCC(CN2CCn3nnnc3[C@@H]2C2CCCCC2)CC1. The van der Waals surface area contributed by atoms with Crippen LogP contribution in [0.2, 0.25) is 0 Å². The summed E-state index contributed by atoms with van der Waals surface area (Å²) in [6.45, 7) is 3.38. The van der Waals surface area contributed by atoms with E-state index in [9.17, 15) is 0 Å². The molecule has 5 heteroatoms. The Kier molecular flexibility index (Phi) is 4.42. The molecule has 0 bridgehead atoms. The van der Waals surface area contributed by atoms with Crippen molar-refractivity contribution in [3.63, 3.8) is 0 Å². The van der Waals surface area contributed by atoms with Gasteiger partial charge in [-0.2, -0.15) is 0 Å². The number of hydrogen-bond acceptors (Lipinski definition) is 4. The fraction of sp³-hybridized carbons (Fsp3) is 0.941. The van der Waals surface area contributed by atoms with Crippen LogP contribution in [0, 0.1) is 11.8 Å². The molecule has 1 aromatic rings. The highest BCUT2D eigenvalue weighted by molar-refractivity contribution is 5.01. The van der Waals surface area contributed by atoms with Gasteiger partial charge in [0.15, 0.2) is 5.82 Å². The highest BCUT2D eigenvalue weighted by Gasteiger charge is 2.37. The minimum atomic E-state index is 0.478. The second kappa shape index (κ2) is 6.65. The molecular weight excluding hydrogens is 274 g/mol. The molecule has 4 rings (SSSR count). The van der Waals surface area contributed by atoms with Crippen molar-refractivity contribution in [1.29, 1.82) is 0 Å². The van der Waals surface area contributed by atoms with E-state index in [1.807, 2.05) is 0 Å². The van der Waals surface area contributed by atoms with Gasteiger partial charge in [0, 0.05) is 13.1 Å². The summed E-state index contributed by atoms with van der Waals surface area (Å²) in [7, 11) is 0. The zero-order valence-corrected chi connectivity index (χ0v) is 13.7. The minimum Gasteiger partial charge on any atom is -0.291 e. The first kappa shape index (κ1) is 14.6. The van der Waals surface area contributed by atoms with Crippen LogP contribution in [0.1, 0.15) is 76.1 Å². The van der Waals surface area contributed by atoms with Crippen LogP contribution in [0.15, 0.2) is 0 Å². The van der Waals surface area contributed by atoms with Gasteiger partial charge in [0.1, 0.15) is 0 Å². The van der Waals surface area contributed by atoms with Crippen molar-refractivity contribution in [2.45, 2.75) is 76.8 Å². The normalized spacial score (nSPS) is 28.6. The van der Waals surface area contributed by atoms with Gasteiger partial charge < -0.3 is 0 Å². The number of fused-ring (bicyclic) bond motifs is 1. The Morgan fingerprint density at radius 3 is 2.36 bits per heavy atom. The third-order valence-electron chi connectivity index (χ3n) is 6.13. The van der Waals surface area contributed by atoms with E-state index in [1.165, 1.54) is 70.8 Å². The lowest BCUT2D eigenvalue weighted by atomic mass is 9.81. The van der Waals surface area contributed by atoms with Crippen LogP contribution in [-0.2, 0) is 6.54 Å². The lowest BCUT2D eigenvalue weighted by molar-refractivity contribution is 0.0589. The smallest absolute Gasteiger partial charge is 0.168 e. The van der Waals surface area contributed by atoms with Crippen molar-refractivity contribution in [1.82, 2.24) is 25.1 Å². The van der Waals surface area contributed by atoms with Gasteiger partial charge in [0.05, 0.1) is 12.6 Å². The second-order valence-electron chi connectivity index (χ2n) is 7.60. The predicted molar refractivity (Wildman–Crippen MR) is 85.3 cm³/mol. The summed E-state index contributed by atoms with van der Waals surface area (Å²) in [5.41, 5.74) is 0. The number of hydrogen-bond donors (Lipinski definition) is 0. The van der Waals surface area contributed by atoms with Crippen LogP contribution in [0.3, 0.4) is 0 Å². The largest absolute Gasteiger partial charge is 0.291 e. The Bertz CT molecular complexity index is 473. The molecule has 1 aromatic heterocycles. The number of nitrogens with zero attached hydrogens (tertiary/aromatic N) is 5. The first-order chi connectivity index (χ1) is 10.9. The van der Waals surface area contributed by atoms with Gasteiger partial charge in [-0.25, -0.2) is 4.68 Å². The molecule has 2 heterocycles. The third kappa shape index (κ3) is 2.92. The molecule has 2 saturated carbocycles. The second-order valence-corrected chi connectivity index (χ2v) is 7.60. The van der Waals surface area contributed by atoms with E-state index in [-0.39, 0.29) is 0 Å². The summed E-state index contributed by atoms with van der Waals surface area (Å²) < 4.78 is 2.07. The van der Waals surface area contributed by atoms with Gasteiger partial charge in [-0.15, -0.1) is 5.10 Å². The van der Waals surface area contributed by atoms with E-state index < -0.39 is 0 Å². The van der Waals surface area contributed by atoms with E-state index in [2.05, 4.69) is 25.1 Å². The molecule has 3 aliphatic rings. The van der Waals surface area contributed by atoms with Gasteiger partial charge >= 0.3 is 0 Å². The van der Waals surface area contributed by atoms with Gasteiger partial charge in [-0.3, -0.25) is 4.90 Å². The van der Waals surface area contributed by atoms with Crippen molar-refractivity contribution in [3.05, 3.63) is 5.82 Å². The summed E-state index contributed by atoms with van der Waals surface area (Å²) in [4.78, 5) is 2.75. The lowest BCUT2D eigenvalue weighted by Gasteiger charge is -2.42. The lowest BCUT2D eigenvalue weighted by Crippen LogP contribution is -2.45. The van der Waals surface area contributed by atoms with Crippen molar-refractivity contribution in [2.75, 3.05) is 13.1 Å². The Morgan fingerprint density at radius 1 is 0.864 bits per heavy atom. The summed E-state index contributed by atoms with van der Waals surface area (Å²) in [5, 5.41) is 12.6. The summed E-state index contributed by atoms with van der Waals surface area (Å²) in [6, 6.07) is 0.478. The Balaban J connectivity index is 1.53. The van der Waals surface area contributed by atoms with Crippen LogP contribution in [0.4, 0.5) is 0 Å². The number of tetrazole rings is 1. The third-order valence-corrected chi connectivity index (χ3v) is 6.13. The van der Waals surface area contributed by atoms with E-state index >= 15 is 0 Å². The molecule has 0 unspecified atom stereocenters. The van der Waals surface area contributed by atoms with E-state index in [4.69, 9.17) is 0 Å². The highest BCUT2D eigenvalue weighted by atomic mass is 15.6. The van der Waals surface area contributed by atoms with Crippen molar-refractivity contribution in [3.8, 4) is 0 Å². The average molecular weight is 303 g/mol. The molecular formula is C17H29N5. The maximum atomic E-state index is 4.42. The number of aromatic nitrogens is 4. The average Bonchev–Trinajstić information content (AvgIpc) is 3.05. The van der Waals surface area contributed by atoms with Gasteiger partial charge in [0.25, 0.3) is 0 Å². The first-order valence-corrected chi connectivity index (χ1v) is 9.42. The molecule has 2 aliphatic carbocycles. The fourth-order valence-electron chi connectivity index (χ4n) is 4.97. The molecule has 22 heavy (non-hydrogen) atoms. The maximum absolute atomic E-state index is 4.42. The van der Waals surface area contributed by atoms with Crippen LogP contribution >= 0.6 is 0 Å². The highest BCUT2D eigenvalue weighted by Crippen LogP contribution is 2.40.